The van der Waals surface area contributed by atoms with Crippen LogP contribution in [0, 0.1) is 0 Å². The summed E-state index contributed by atoms with van der Waals surface area (Å²) in [7, 11) is 0. The number of hydrogen-bond acceptors (Lipinski definition) is 3. The fourth-order valence-electron chi connectivity index (χ4n) is 2.21. The molecule has 3 rings (SSSR count). The summed E-state index contributed by atoms with van der Waals surface area (Å²) in [6, 6.07) is 10.2. The molecule has 1 fully saturated rings. The van der Waals surface area contributed by atoms with Crippen LogP contribution in [0.25, 0.3) is 10.4 Å². The van der Waals surface area contributed by atoms with Crippen LogP contribution in [-0.2, 0) is 0 Å². The topological polar surface area (TPSA) is 24.1 Å². The van der Waals surface area contributed by atoms with E-state index in [2.05, 4.69) is 28.1 Å². The molecule has 1 saturated heterocycles. The Morgan fingerprint density at radius 1 is 1.33 bits per heavy atom. The summed E-state index contributed by atoms with van der Waals surface area (Å²) in [6.07, 6.45) is 2.87. The summed E-state index contributed by atoms with van der Waals surface area (Å²) in [5, 5.41) is 9.90. The molecule has 94 valence electrons. The van der Waals surface area contributed by atoms with Gasteiger partial charge >= 0.3 is 0 Å². The van der Waals surface area contributed by atoms with Crippen LogP contribution in [0.2, 0.25) is 5.02 Å². The van der Waals surface area contributed by atoms with Crippen LogP contribution >= 0.6 is 22.9 Å². The number of hydrogen-bond donors (Lipinski definition) is 2. The lowest BCUT2D eigenvalue weighted by Crippen LogP contribution is -2.29. The monoisotopic (exact) mass is 278 g/mol. The molecule has 0 bridgehead atoms. The highest BCUT2D eigenvalue weighted by Gasteiger charge is 2.14. The van der Waals surface area contributed by atoms with Gasteiger partial charge in [0.2, 0.25) is 0 Å². The Morgan fingerprint density at radius 2 is 2.28 bits per heavy atom. The summed E-state index contributed by atoms with van der Waals surface area (Å²) < 4.78 is 0. The van der Waals surface area contributed by atoms with E-state index in [4.69, 9.17) is 11.6 Å². The molecular formula is C14H15ClN2S. The third kappa shape index (κ3) is 2.69. The standard InChI is InChI=1S/C14H15ClN2S/c15-11-4-1-3-10(7-11)13-8-12(9-18-13)17-14-5-2-6-16-14/h1,3-4,7-9,14,16-17H,2,5-6H2. The predicted molar refractivity (Wildman–Crippen MR) is 79.4 cm³/mol. The molecule has 1 aromatic heterocycles. The Hall–Kier alpha value is -1.03. The molecule has 2 heterocycles. The second-order valence-corrected chi connectivity index (χ2v) is 5.85. The zero-order valence-electron chi connectivity index (χ0n) is 9.95. The van der Waals surface area contributed by atoms with Crippen LogP contribution in [-0.4, -0.2) is 12.7 Å². The average molecular weight is 279 g/mol. The van der Waals surface area contributed by atoms with Gasteiger partial charge in [0, 0.05) is 21.0 Å². The normalized spacial score (nSPS) is 19.1. The van der Waals surface area contributed by atoms with Crippen LogP contribution in [0.15, 0.2) is 35.7 Å². The van der Waals surface area contributed by atoms with E-state index in [1.807, 2.05) is 18.2 Å². The first-order valence-corrected chi connectivity index (χ1v) is 7.41. The molecule has 2 aromatic rings. The van der Waals surface area contributed by atoms with E-state index in [0.29, 0.717) is 6.17 Å². The first kappa shape index (κ1) is 12.0. The molecule has 1 aliphatic rings. The molecule has 0 aliphatic carbocycles. The van der Waals surface area contributed by atoms with E-state index in [-0.39, 0.29) is 0 Å². The van der Waals surface area contributed by atoms with Gasteiger partial charge in [-0.15, -0.1) is 11.3 Å². The molecule has 0 amide bonds. The van der Waals surface area contributed by atoms with Crippen LogP contribution in [0.4, 0.5) is 5.69 Å². The minimum Gasteiger partial charge on any atom is -0.369 e. The van der Waals surface area contributed by atoms with Crippen LogP contribution in [0.3, 0.4) is 0 Å². The molecule has 0 spiro atoms. The highest BCUT2D eigenvalue weighted by Crippen LogP contribution is 2.31. The molecule has 0 radical (unpaired) electrons. The lowest BCUT2D eigenvalue weighted by atomic mass is 10.2. The van der Waals surface area contributed by atoms with Crippen molar-refractivity contribution >= 4 is 28.6 Å². The number of rotatable bonds is 3. The number of thiophene rings is 1. The average Bonchev–Trinajstić information content (AvgIpc) is 3.01. The fraction of sp³-hybridized carbons (Fsp3) is 0.286. The zero-order valence-corrected chi connectivity index (χ0v) is 11.5. The zero-order chi connectivity index (χ0) is 12.4. The van der Waals surface area contributed by atoms with Crippen molar-refractivity contribution < 1.29 is 0 Å². The number of halogens is 1. The van der Waals surface area contributed by atoms with Crippen molar-refractivity contribution in [2.24, 2.45) is 0 Å². The van der Waals surface area contributed by atoms with Gasteiger partial charge < -0.3 is 5.32 Å². The highest BCUT2D eigenvalue weighted by atomic mass is 35.5. The fourth-order valence-corrected chi connectivity index (χ4v) is 3.25. The van der Waals surface area contributed by atoms with E-state index in [1.165, 1.54) is 29.0 Å². The molecule has 1 aromatic carbocycles. The predicted octanol–water partition coefficient (Wildman–Crippen LogP) is 4.19. The van der Waals surface area contributed by atoms with Gasteiger partial charge in [-0.05, 0) is 43.1 Å². The number of nitrogens with one attached hydrogen (secondary N) is 2. The lowest BCUT2D eigenvalue weighted by Gasteiger charge is -2.11. The maximum absolute atomic E-state index is 6.02. The molecule has 2 N–H and O–H groups in total. The Balaban J connectivity index is 1.76. The Morgan fingerprint density at radius 3 is 3.06 bits per heavy atom. The van der Waals surface area contributed by atoms with Crippen molar-refractivity contribution in [3.05, 3.63) is 40.7 Å². The maximum Gasteiger partial charge on any atom is 0.0768 e. The van der Waals surface area contributed by atoms with Crippen molar-refractivity contribution in [1.82, 2.24) is 5.32 Å². The van der Waals surface area contributed by atoms with E-state index < -0.39 is 0 Å². The molecule has 1 aliphatic heterocycles. The third-order valence-electron chi connectivity index (χ3n) is 3.11. The van der Waals surface area contributed by atoms with Gasteiger partial charge in [-0.2, -0.15) is 0 Å². The molecule has 2 nitrogen and oxygen atoms in total. The molecule has 1 unspecified atom stereocenters. The Kier molecular flexibility index (Phi) is 3.55. The van der Waals surface area contributed by atoms with Gasteiger partial charge in [0.15, 0.2) is 0 Å². The van der Waals surface area contributed by atoms with Crippen molar-refractivity contribution in [2.45, 2.75) is 19.0 Å². The summed E-state index contributed by atoms with van der Waals surface area (Å²) in [6.45, 7) is 1.11. The van der Waals surface area contributed by atoms with Gasteiger partial charge in [-0.3, -0.25) is 5.32 Å². The first-order chi connectivity index (χ1) is 8.81. The second-order valence-electron chi connectivity index (χ2n) is 4.50. The van der Waals surface area contributed by atoms with Gasteiger partial charge in [-0.1, -0.05) is 23.7 Å². The first-order valence-electron chi connectivity index (χ1n) is 6.16. The van der Waals surface area contributed by atoms with E-state index in [9.17, 15) is 0 Å². The second kappa shape index (κ2) is 5.31. The van der Waals surface area contributed by atoms with Crippen LogP contribution < -0.4 is 10.6 Å². The van der Waals surface area contributed by atoms with Crippen molar-refractivity contribution in [1.29, 1.82) is 0 Å². The van der Waals surface area contributed by atoms with Crippen molar-refractivity contribution in [3.8, 4) is 10.4 Å². The van der Waals surface area contributed by atoms with Gasteiger partial charge in [0.05, 0.1) is 6.17 Å². The van der Waals surface area contributed by atoms with Gasteiger partial charge in [0.25, 0.3) is 0 Å². The summed E-state index contributed by atoms with van der Waals surface area (Å²) in [5.41, 5.74) is 2.37. The van der Waals surface area contributed by atoms with Crippen LogP contribution in [0.1, 0.15) is 12.8 Å². The number of anilines is 1. The van der Waals surface area contributed by atoms with Gasteiger partial charge in [0.1, 0.15) is 0 Å². The summed E-state index contributed by atoms with van der Waals surface area (Å²) >= 11 is 7.76. The van der Waals surface area contributed by atoms with Gasteiger partial charge in [-0.25, -0.2) is 0 Å². The quantitative estimate of drug-likeness (QED) is 0.880. The molecule has 4 heteroatoms. The Bertz CT molecular complexity index is 532. The smallest absolute Gasteiger partial charge is 0.0768 e. The van der Waals surface area contributed by atoms with E-state index >= 15 is 0 Å². The maximum atomic E-state index is 6.02. The molecule has 18 heavy (non-hydrogen) atoms. The summed E-state index contributed by atoms with van der Waals surface area (Å²) in [5.74, 6) is 0. The molecule has 1 atom stereocenters. The largest absolute Gasteiger partial charge is 0.369 e. The minimum atomic E-state index is 0.423. The number of benzene rings is 1. The lowest BCUT2D eigenvalue weighted by molar-refractivity contribution is 0.680. The minimum absolute atomic E-state index is 0.423. The van der Waals surface area contributed by atoms with E-state index in [0.717, 1.165) is 11.6 Å². The molecular weight excluding hydrogens is 264 g/mol. The van der Waals surface area contributed by atoms with Crippen LogP contribution in [0.5, 0.6) is 0 Å². The van der Waals surface area contributed by atoms with E-state index in [1.54, 1.807) is 11.3 Å². The SMILES string of the molecule is Clc1cccc(-c2cc(NC3CCCN3)cs2)c1. The van der Waals surface area contributed by atoms with Crippen molar-refractivity contribution in [2.75, 3.05) is 11.9 Å². The third-order valence-corrected chi connectivity index (χ3v) is 4.32. The molecule has 0 saturated carbocycles. The Labute approximate surface area is 116 Å². The summed E-state index contributed by atoms with van der Waals surface area (Å²) in [4.78, 5) is 1.25. The highest BCUT2D eigenvalue weighted by molar-refractivity contribution is 7.14. The van der Waals surface area contributed by atoms with Crippen molar-refractivity contribution in [3.63, 3.8) is 0 Å².